The van der Waals surface area contributed by atoms with E-state index in [1.54, 1.807) is 11.8 Å². The Labute approximate surface area is 162 Å². The number of carbonyl (C=O) groups is 1. The number of hydrogen-bond acceptors (Lipinski definition) is 5. The normalized spacial score (nSPS) is 11.9. The van der Waals surface area contributed by atoms with Crippen molar-refractivity contribution in [3.63, 3.8) is 0 Å². The first kappa shape index (κ1) is 18.6. The van der Waals surface area contributed by atoms with Crippen molar-refractivity contribution >= 4 is 34.1 Å². The lowest BCUT2D eigenvalue weighted by atomic mass is 9.98. The first-order valence-corrected chi connectivity index (χ1v) is 10.4. The van der Waals surface area contributed by atoms with Gasteiger partial charge in [0.05, 0.1) is 0 Å². The van der Waals surface area contributed by atoms with Crippen molar-refractivity contribution in [3.8, 4) is 0 Å². The molecule has 0 bridgehead atoms. The molecule has 1 heterocycles. The maximum absolute atomic E-state index is 12.1. The topological polar surface area (TPSA) is 54.9 Å². The van der Waals surface area contributed by atoms with Gasteiger partial charge in [-0.05, 0) is 23.6 Å². The molecule has 0 aliphatic heterocycles. The zero-order valence-electron chi connectivity index (χ0n) is 14.6. The van der Waals surface area contributed by atoms with Crippen LogP contribution in [-0.4, -0.2) is 21.9 Å². The molecule has 3 aromatic rings. The second-order valence-corrected chi connectivity index (χ2v) is 8.21. The molecule has 6 heteroatoms. The van der Waals surface area contributed by atoms with E-state index >= 15 is 0 Å². The van der Waals surface area contributed by atoms with Gasteiger partial charge >= 0.3 is 0 Å². The molecule has 1 atom stereocenters. The third-order valence-corrected chi connectivity index (χ3v) is 5.78. The van der Waals surface area contributed by atoms with Gasteiger partial charge in [0.15, 0.2) is 0 Å². The summed E-state index contributed by atoms with van der Waals surface area (Å²) in [5, 5.41) is 12.7. The lowest BCUT2D eigenvalue weighted by molar-refractivity contribution is -0.115. The zero-order chi connectivity index (χ0) is 18.2. The van der Waals surface area contributed by atoms with Gasteiger partial charge < -0.3 is 5.32 Å². The van der Waals surface area contributed by atoms with Crippen LogP contribution in [0.3, 0.4) is 0 Å². The van der Waals surface area contributed by atoms with Crippen LogP contribution in [-0.2, 0) is 11.2 Å². The third-order valence-electron chi connectivity index (χ3n) is 3.90. The van der Waals surface area contributed by atoms with Crippen LogP contribution in [0.15, 0.2) is 65.6 Å². The average Bonchev–Trinajstić information content (AvgIpc) is 3.10. The summed E-state index contributed by atoms with van der Waals surface area (Å²) in [6.07, 6.45) is 1.27. The number of nitrogens with zero attached hydrogens (tertiary/aromatic N) is 2. The molecule has 0 saturated carbocycles. The summed E-state index contributed by atoms with van der Waals surface area (Å²) in [6, 6.07) is 20.4. The predicted molar refractivity (Wildman–Crippen MR) is 109 cm³/mol. The number of aromatic nitrogens is 2. The molecule has 0 saturated heterocycles. The molecule has 134 valence electrons. The Morgan fingerprint density at radius 1 is 1.08 bits per heavy atom. The summed E-state index contributed by atoms with van der Waals surface area (Å²) in [4.78, 5) is 13.2. The van der Waals surface area contributed by atoms with Gasteiger partial charge in [-0.15, -0.1) is 22.0 Å². The average molecular weight is 384 g/mol. The van der Waals surface area contributed by atoms with Gasteiger partial charge in [-0.3, -0.25) is 4.79 Å². The number of benzene rings is 2. The molecule has 1 N–H and O–H groups in total. The van der Waals surface area contributed by atoms with Gasteiger partial charge in [0.2, 0.25) is 11.0 Å². The Morgan fingerprint density at radius 2 is 1.77 bits per heavy atom. The third kappa shape index (κ3) is 5.68. The van der Waals surface area contributed by atoms with E-state index < -0.39 is 0 Å². The molecule has 0 spiro atoms. The molecule has 0 aliphatic carbocycles. The van der Waals surface area contributed by atoms with Gasteiger partial charge in [0.25, 0.3) is 0 Å². The Kier molecular flexibility index (Phi) is 6.80. The van der Waals surface area contributed by atoms with Crippen molar-refractivity contribution in [2.75, 3.05) is 11.1 Å². The highest BCUT2D eigenvalue weighted by Crippen LogP contribution is 2.24. The van der Waals surface area contributed by atoms with Crippen molar-refractivity contribution in [2.45, 2.75) is 30.6 Å². The summed E-state index contributed by atoms with van der Waals surface area (Å²) in [7, 11) is 0. The number of anilines is 1. The monoisotopic (exact) mass is 383 g/mol. The van der Waals surface area contributed by atoms with Crippen LogP contribution in [0.4, 0.5) is 5.13 Å². The Balaban J connectivity index is 1.45. The molecule has 2 aromatic carbocycles. The number of rotatable bonds is 8. The Hall–Kier alpha value is -2.18. The first-order valence-electron chi connectivity index (χ1n) is 8.56. The first-order chi connectivity index (χ1) is 12.7. The number of carbonyl (C=O) groups excluding carboxylic acids is 1. The lowest BCUT2D eigenvalue weighted by Gasteiger charge is -2.08. The molecule has 1 amide bonds. The number of nitrogens with one attached hydrogen (secondary N) is 1. The molecule has 0 aliphatic rings. The number of amides is 1. The van der Waals surface area contributed by atoms with Gasteiger partial charge in [0, 0.05) is 23.5 Å². The van der Waals surface area contributed by atoms with Crippen LogP contribution in [0, 0.1) is 0 Å². The van der Waals surface area contributed by atoms with E-state index in [4.69, 9.17) is 0 Å². The molecular formula is C20H21N3OS2. The highest BCUT2D eigenvalue weighted by molar-refractivity contribution is 7.99. The van der Waals surface area contributed by atoms with Gasteiger partial charge in [-0.25, -0.2) is 0 Å². The fourth-order valence-corrected chi connectivity index (χ4v) is 4.27. The Morgan fingerprint density at radius 3 is 2.50 bits per heavy atom. The van der Waals surface area contributed by atoms with Crippen LogP contribution < -0.4 is 5.32 Å². The maximum atomic E-state index is 12.1. The molecule has 3 rings (SSSR count). The second-order valence-electron chi connectivity index (χ2n) is 5.98. The minimum Gasteiger partial charge on any atom is -0.301 e. The standard InChI is InChI=1S/C20H21N3OS2/c1-15(16-8-4-2-5-9-16)14-19-22-23-20(26-19)21-18(24)12-13-25-17-10-6-3-7-11-17/h2-11,15H,12-14H2,1H3,(H,21,23,24)/t15-/m0/s1. The van der Waals surface area contributed by atoms with E-state index in [0.717, 1.165) is 17.2 Å². The minimum absolute atomic E-state index is 0.0211. The maximum Gasteiger partial charge on any atom is 0.227 e. The second kappa shape index (κ2) is 9.50. The van der Waals surface area contributed by atoms with Crippen LogP contribution >= 0.6 is 23.1 Å². The largest absolute Gasteiger partial charge is 0.301 e. The van der Waals surface area contributed by atoms with Gasteiger partial charge in [-0.2, -0.15) is 0 Å². The Bertz CT molecular complexity index is 821. The van der Waals surface area contributed by atoms with E-state index in [2.05, 4.69) is 34.6 Å². The summed E-state index contributed by atoms with van der Waals surface area (Å²) < 4.78 is 0. The summed E-state index contributed by atoms with van der Waals surface area (Å²) in [5.74, 6) is 1.09. The molecule has 0 radical (unpaired) electrons. The molecule has 0 fully saturated rings. The molecule has 4 nitrogen and oxygen atoms in total. The summed E-state index contributed by atoms with van der Waals surface area (Å²) in [5.41, 5.74) is 1.28. The molecule has 0 unspecified atom stereocenters. The van der Waals surface area contributed by atoms with Gasteiger partial charge in [-0.1, -0.05) is 66.8 Å². The van der Waals surface area contributed by atoms with Crippen LogP contribution in [0.2, 0.25) is 0 Å². The fourth-order valence-electron chi connectivity index (χ4n) is 2.51. The van der Waals surface area contributed by atoms with Crippen molar-refractivity contribution in [1.29, 1.82) is 0 Å². The van der Waals surface area contributed by atoms with Crippen molar-refractivity contribution in [3.05, 3.63) is 71.2 Å². The smallest absolute Gasteiger partial charge is 0.227 e. The molecule has 1 aromatic heterocycles. The van der Waals surface area contributed by atoms with Crippen molar-refractivity contribution in [1.82, 2.24) is 10.2 Å². The summed E-state index contributed by atoms with van der Waals surface area (Å²) in [6.45, 7) is 2.18. The highest BCUT2D eigenvalue weighted by Gasteiger charge is 2.12. The van der Waals surface area contributed by atoms with Gasteiger partial charge in [0.1, 0.15) is 5.01 Å². The molecular weight excluding hydrogens is 362 g/mol. The SMILES string of the molecule is C[C@@H](Cc1nnc(NC(=O)CCSc2ccccc2)s1)c1ccccc1. The van der Waals surface area contributed by atoms with E-state index in [1.807, 2.05) is 48.5 Å². The predicted octanol–water partition coefficient (Wildman–Crippen LogP) is 5.01. The van der Waals surface area contributed by atoms with E-state index in [-0.39, 0.29) is 5.91 Å². The quantitative estimate of drug-likeness (QED) is 0.556. The summed E-state index contributed by atoms with van der Waals surface area (Å²) >= 11 is 3.13. The van der Waals surface area contributed by atoms with Crippen LogP contribution in [0.25, 0.3) is 0 Å². The van der Waals surface area contributed by atoms with Crippen LogP contribution in [0.1, 0.15) is 29.8 Å². The lowest BCUT2D eigenvalue weighted by Crippen LogP contribution is -2.11. The number of hydrogen-bond donors (Lipinski definition) is 1. The van der Waals surface area contributed by atoms with Crippen molar-refractivity contribution in [2.24, 2.45) is 0 Å². The zero-order valence-corrected chi connectivity index (χ0v) is 16.2. The van der Waals surface area contributed by atoms with E-state index in [9.17, 15) is 4.79 Å². The van der Waals surface area contributed by atoms with E-state index in [0.29, 0.717) is 17.5 Å². The van der Waals surface area contributed by atoms with E-state index in [1.165, 1.54) is 21.8 Å². The fraction of sp³-hybridized carbons (Fsp3) is 0.250. The number of thioether (sulfide) groups is 1. The minimum atomic E-state index is -0.0211. The van der Waals surface area contributed by atoms with Crippen molar-refractivity contribution < 1.29 is 4.79 Å². The molecule has 26 heavy (non-hydrogen) atoms. The highest BCUT2D eigenvalue weighted by atomic mass is 32.2. The van der Waals surface area contributed by atoms with Crippen LogP contribution in [0.5, 0.6) is 0 Å².